The molecule has 2 aromatic carbocycles. The number of hydrogen-bond acceptors (Lipinski definition) is 8. The van der Waals surface area contributed by atoms with Crippen LogP contribution in [-0.4, -0.2) is 25.9 Å². The third kappa shape index (κ3) is 7.74. The van der Waals surface area contributed by atoms with Gasteiger partial charge in [0.25, 0.3) is 0 Å². The van der Waals surface area contributed by atoms with Crippen molar-refractivity contribution in [3.63, 3.8) is 0 Å². The molecule has 0 bridgehead atoms. The number of anilines is 2. The molecule has 0 aromatic heterocycles. The van der Waals surface area contributed by atoms with Gasteiger partial charge in [0.1, 0.15) is 20.2 Å². The molecule has 0 aliphatic heterocycles. The molecule has 2 aromatic rings. The summed E-state index contributed by atoms with van der Waals surface area (Å²) in [6.07, 6.45) is 0. The van der Waals surface area contributed by atoms with Gasteiger partial charge in [0.15, 0.2) is 0 Å². The Morgan fingerprint density at radius 2 is 0.826 bits per heavy atom. The molecule has 0 atom stereocenters. The van der Waals surface area contributed by atoms with Crippen molar-refractivity contribution in [1.82, 2.24) is 0 Å². The van der Waals surface area contributed by atoms with Crippen LogP contribution in [0.4, 0.5) is 11.4 Å². The summed E-state index contributed by atoms with van der Waals surface area (Å²) in [6, 6.07) is 10.2. The van der Waals surface area contributed by atoms with Crippen LogP contribution in [0.3, 0.4) is 0 Å². The van der Waals surface area contributed by atoms with Crippen LogP contribution >= 0.6 is 0 Å². The molecule has 0 amide bonds. The molecule has 11 heteroatoms. The average molecular weight is 457 g/mol. The second kappa shape index (κ2) is 8.58. The van der Waals surface area contributed by atoms with E-state index in [2.05, 4.69) is 0 Å². The normalized spacial score (nSPS) is 10.9. The molecule has 0 spiro atoms. The van der Waals surface area contributed by atoms with Crippen LogP contribution < -0.4 is 11.5 Å². The predicted octanol–water partition coefficient (Wildman–Crippen LogP) is 0.343. The summed E-state index contributed by atoms with van der Waals surface area (Å²) in [6.45, 7) is 0. The van der Waals surface area contributed by atoms with Gasteiger partial charge < -0.3 is 20.6 Å². The maximum atomic E-state index is 10.3. The first-order chi connectivity index (χ1) is 10.00. The van der Waals surface area contributed by atoms with Crippen molar-refractivity contribution in [2.75, 3.05) is 11.5 Å². The van der Waals surface area contributed by atoms with Crippen LogP contribution in [0.2, 0.25) is 0 Å². The number of rotatable bonds is 2. The predicted molar refractivity (Wildman–Crippen MR) is 77.6 cm³/mol. The second-order valence-electron chi connectivity index (χ2n) is 4.05. The van der Waals surface area contributed by atoms with E-state index in [-0.39, 0.29) is 37.1 Å². The van der Waals surface area contributed by atoms with Gasteiger partial charge >= 0.3 is 27.3 Å². The van der Waals surface area contributed by atoms with Crippen LogP contribution in [0.1, 0.15) is 0 Å². The van der Waals surface area contributed by atoms with Gasteiger partial charge in [-0.05, 0) is 48.5 Å². The Morgan fingerprint density at radius 1 is 0.609 bits per heavy atom. The van der Waals surface area contributed by atoms with Crippen molar-refractivity contribution in [3.8, 4) is 0 Å². The maximum Gasteiger partial charge on any atom is 2.00 e. The fraction of sp³-hybridized carbons (Fsp3) is 0. The molecule has 0 aliphatic carbocycles. The molecule has 4 N–H and O–H groups in total. The molecule has 0 aliphatic rings. The van der Waals surface area contributed by atoms with Gasteiger partial charge in [0.05, 0.1) is 9.79 Å². The average Bonchev–Trinajstić information content (AvgIpc) is 2.38. The van der Waals surface area contributed by atoms with Gasteiger partial charge in [0.2, 0.25) is 0 Å². The molecule has 8 nitrogen and oxygen atoms in total. The van der Waals surface area contributed by atoms with Crippen molar-refractivity contribution in [1.29, 1.82) is 0 Å². The van der Waals surface area contributed by atoms with Gasteiger partial charge in [-0.25, -0.2) is 16.8 Å². The van der Waals surface area contributed by atoms with E-state index in [1.807, 2.05) is 0 Å². The molecule has 0 radical (unpaired) electrons. The van der Waals surface area contributed by atoms with Crippen molar-refractivity contribution in [3.05, 3.63) is 48.5 Å². The van der Waals surface area contributed by atoms with Gasteiger partial charge in [-0.3, -0.25) is 0 Å². The van der Waals surface area contributed by atoms with E-state index in [9.17, 15) is 25.9 Å². The summed E-state index contributed by atoms with van der Waals surface area (Å²) < 4.78 is 62.1. The molecule has 0 unspecified atom stereocenters. The topological polar surface area (TPSA) is 166 Å². The first-order valence-electron chi connectivity index (χ1n) is 5.63. The Morgan fingerprint density at radius 3 is 1.00 bits per heavy atom. The third-order valence-corrected chi connectivity index (χ3v) is 4.04. The quantitative estimate of drug-likeness (QED) is 0.370. The number of benzene rings is 2. The maximum absolute atomic E-state index is 10.3. The van der Waals surface area contributed by atoms with Crippen molar-refractivity contribution in [2.45, 2.75) is 9.79 Å². The van der Waals surface area contributed by atoms with E-state index < -0.39 is 20.2 Å². The van der Waals surface area contributed by atoms with E-state index in [4.69, 9.17) is 11.5 Å². The van der Waals surface area contributed by atoms with E-state index >= 15 is 0 Å². The number of nitrogen functional groups attached to an aromatic ring is 2. The Kier molecular flexibility index (Phi) is 8.13. The summed E-state index contributed by atoms with van der Waals surface area (Å²) in [5, 5.41) is 0. The second-order valence-corrected chi connectivity index (χ2v) is 6.81. The van der Waals surface area contributed by atoms with Crippen LogP contribution in [0.15, 0.2) is 58.3 Å². The Balaban J connectivity index is 0.000000403. The first kappa shape index (κ1) is 21.8. The van der Waals surface area contributed by atoms with Crippen LogP contribution in [0.25, 0.3) is 0 Å². The molecule has 0 saturated heterocycles. The van der Waals surface area contributed by atoms with Crippen molar-refractivity contribution >= 4 is 31.6 Å². The van der Waals surface area contributed by atoms with Gasteiger partial charge in [-0.2, -0.15) is 0 Å². The molecule has 0 saturated carbocycles. The largest absolute Gasteiger partial charge is 2.00 e. The van der Waals surface area contributed by atoms with E-state index in [0.29, 0.717) is 11.4 Å². The summed E-state index contributed by atoms with van der Waals surface area (Å²) in [4.78, 5) is -0.515. The fourth-order valence-electron chi connectivity index (χ4n) is 1.27. The Bertz CT molecular complexity index is 761. The number of nitrogens with two attached hydrogens (primary N) is 2. The molecular weight excluding hydrogens is 445 g/mol. The summed E-state index contributed by atoms with van der Waals surface area (Å²) in [5.74, 6) is 0. The van der Waals surface area contributed by atoms with Crippen molar-refractivity contribution < 1.29 is 53.2 Å². The van der Waals surface area contributed by atoms with Crippen LogP contribution in [0, 0.1) is 0 Å². The SMILES string of the molecule is Nc1ccc(S(=O)(=O)[O-])cc1.Nc1ccc(S(=O)(=O)[O-])cc1.[Cd+2]. The number of hydrogen-bond donors (Lipinski definition) is 2. The monoisotopic (exact) mass is 458 g/mol. The van der Waals surface area contributed by atoms with E-state index in [1.165, 1.54) is 48.5 Å². The van der Waals surface area contributed by atoms with Crippen LogP contribution in [-0.2, 0) is 47.5 Å². The minimum absolute atomic E-state index is 0. The molecule has 23 heavy (non-hydrogen) atoms. The zero-order valence-electron chi connectivity index (χ0n) is 11.7. The van der Waals surface area contributed by atoms with E-state index in [0.717, 1.165) is 0 Å². The molecule has 120 valence electrons. The van der Waals surface area contributed by atoms with Gasteiger partial charge in [-0.15, -0.1) is 0 Å². The van der Waals surface area contributed by atoms with Crippen molar-refractivity contribution in [2.24, 2.45) is 0 Å². The zero-order valence-corrected chi connectivity index (χ0v) is 17.4. The summed E-state index contributed by atoms with van der Waals surface area (Å²) in [7, 11) is -8.65. The van der Waals surface area contributed by atoms with Gasteiger partial charge in [-0.1, -0.05) is 0 Å². The smallest absolute Gasteiger partial charge is 0.744 e. The summed E-state index contributed by atoms with van der Waals surface area (Å²) >= 11 is 0. The summed E-state index contributed by atoms with van der Waals surface area (Å²) in [5.41, 5.74) is 11.4. The first-order valence-corrected chi connectivity index (χ1v) is 8.44. The molecule has 0 fully saturated rings. The van der Waals surface area contributed by atoms with Crippen LogP contribution in [0.5, 0.6) is 0 Å². The molecule has 2 rings (SSSR count). The van der Waals surface area contributed by atoms with E-state index in [1.54, 1.807) is 0 Å². The third-order valence-electron chi connectivity index (χ3n) is 2.34. The Hall–Kier alpha value is -1.22. The standard InChI is InChI=1S/2C6H7NO3S.Cd/c2*7-5-1-3-6(4-2-5)11(8,9)10;/h2*1-4H,7H2,(H,8,9,10);/q;;+2/p-2. The molecule has 0 heterocycles. The fourth-order valence-corrected chi connectivity index (χ4v) is 2.21. The van der Waals surface area contributed by atoms with Gasteiger partial charge in [0, 0.05) is 11.4 Å². The Labute approximate surface area is 154 Å². The minimum atomic E-state index is -4.33. The minimum Gasteiger partial charge on any atom is -0.744 e. The molecular formula is C12H12CdN2O6S2. The zero-order chi connectivity index (χ0) is 17.0.